The molecule has 5 N–H and O–H groups in total. The molecule has 0 aromatic heterocycles. The van der Waals surface area contributed by atoms with Gasteiger partial charge in [0, 0.05) is 12.1 Å². The van der Waals surface area contributed by atoms with Crippen molar-refractivity contribution in [2.24, 2.45) is 11.3 Å². The highest BCUT2D eigenvalue weighted by Crippen LogP contribution is 2.26. The molecule has 0 aromatic carbocycles. The summed E-state index contributed by atoms with van der Waals surface area (Å²) in [6.45, 7) is 11.0. The number of aliphatic hydroxyl groups is 3. The smallest absolute Gasteiger partial charge is 0.333 e. The number of hydrogen-bond acceptors (Lipinski definition) is 9. The first kappa shape index (κ1) is 27.9. The number of allylic oxidation sites excluding steroid dienone is 1. The molecule has 0 radical (unpaired) electrons. The summed E-state index contributed by atoms with van der Waals surface area (Å²) in [6, 6.07) is 0. The Hall–Kier alpha value is -1.07. The fourth-order valence-electron chi connectivity index (χ4n) is 2.74. The average molecular weight is 421 g/mol. The fourth-order valence-corrected chi connectivity index (χ4v) is 2.74. The van der Waals surface area contributed by atoms with E-state index in [1.54, 1.807) is 19.9 Å². The zero-order valence-electron chi connectivity index (χ0n) is 18.4. The molecular weight excluding hydrogens is 380 g/mol. The van der Waals surface area contributed by atoms with Crippen LogP contribution in [0.3, 0.4) is 0 Å². The van der Waals surface area contributed by atoms with Crippen molar-refractivity contribution in [3.63, 3.8) is 0 Å². The molecule has 9 nitrogen and oxygen atoms in total. The first-order chi connectivity index (χ1) is 13.6. The van der Waals surface area contributed by atoms with Gasteiger partial charge in [-0.25, -0.2) is 4.79 Å². The molecule has 0 fully saturated rings. The minimum atomic E-state index is -1.11. The van der Waals surface area contributed by atoms with E-state index in [-0.39, 0.29) is 31.8 Å². The van der Waals surface area contributed by atoms with Crippen molar-refractivity contribution in [3.8, 4) is 0 Å². The van der Waals surface area contributed by atoms with Gasteiger partial charge in [-0.1, -0.05) is 26.8 Å². The normalized spacial score (nSPS) is 15.8. The first-order valence-electron chi connectivity index (χ1n) is 10.1. The predicted octanol–water partition coefficient (Wildman–Crippen LogP) is 0.695. The Morgan fingerprint density at radius 2 is 1.72 bits per heavy atom. The summed E-state index contributed by atoms with van der Waals surface area (Å²) in [5, 5.41) is 33.8. The fraction of sp³-hybridized carbons (Fsp3) is 0.850. The van der Waals surface area contributed by atoms with Crippen molar-refractivity contribution in [1.82, 2.24) is 10.6 Å². The summed E-state index contributed by atoms with van der Waals surface area (Å²) in [5.41, 5.74) is 0.468. The number of carbonyl (C=O) groups is 1. The zero-order valence-corrected chi connectivity index (χ0v) is 18.4. The zero-order chi connectivity index (χ0) is 22.3. The summed E-state index contributed by atoms with van der Waals surface area (Å²) < 4.78 is 15.1. The van der Waals surface area contributed by atoms with Gasteiger partial charge in [0.25, 0.3) is 0 Å². The van der Waals surface area contributed by atoms with Crippen molar-refractivity contribution in [2.45, 2.75) is 60.3 Å². The van der Waals surface area contributed by atoms with Gasteiger partial charge in [-0.3, -0.25) is 10.6 Å². The molecule has 172 valence electrons. The van der Waals surface area contributed by atoms with Crippen molar-refractivity contribution >= 4 is 5.97 Å². The third-order valence-electron chi connectivity index (χ3n) is 4.33. The molecule has 0 aliphatic heterocycles. The van der Waals surface area contributed by atoms with Crippen LogP contribution in [0.25, 0.3) is 0 Å². The van der Waals surface area contributed by atoms with Gasteiger partial charge in [0.2, 0.25) is 12.8 Å². The van der Waals surface area contributed by atoms with E-state index >= 15 is 0 Å². The van der Waals surface area contributed by atoms with Gasteiger partial charge in [-0.05, 0) is 44.6 Å². The van der Waals surface area contributed by atoms with Crippen LogP contribution in [0.15, 0.2) is 11.6 Å². The van der Waals surface area contributed by atoms with E-state index in [9.17, 15) is 15.0 Å². The van der Waals surface area contributed by atoms with E-state index in [1.165, 1.54) is 0 Å². The van der Waals surface area contributed by atoms with Crippen LogP contribution in [0.5, 0.6) is 0 Å². The maximum absolute atomic E-state index is 11.5. The van der Waals surface area contributed by atoms with Crippen LogP contribution in [0.4, 0.5) is 0 Å². The van der Waals surface area contributed by atoms with Crippen LogP contribution in [-0.4, -0.2) is 73.6 Å². The van der Waals surface area contributed by atoms with Gasteiger partial charge in [-0.2, -0.15) is 0 Å². The second-order valence-corrected chi connectivity index (χ2v) is 7.87. The topological polar surface area (TPSA) is 130 Å². The molecule has 9 heteroatoms. The Morgan fingerprint density at radius 1 is 1.10 bits per heavy atom. The lowest BCUT2D eigenvalue weighted by Crippen LogP contribution is -2.40. The van der Waals surface area contributed by atoms with Crippen LogP contribution in [0, 0.1) is 11.3 Å². The van der Waals surface area contributed by atoms with Gasteiger partial charge in [-0.15, -0.1) is 0 Å². The lowest BCUT2D eigenvalue weighted by molar-refractivity contribution is -0.151. The van der Waals surface area contributed by atoms with Gasteiger partial charge in [0.1, 0.15) is 6.61 Å². The molecule has 3 unspecified atom stereocenters. The lowest BCUT2D eigenvalue weighted by atomic mass is 9.82. The number of carbonyl (C=O) groups excluding carboxylic acids is 1. The van der Waals surface area contributed by atoms with Gasteiger partial charge in [0.15, 0.2) is 0 Å². The summed E-state index contributed by atoms with van der Waals surface area (Å²) in [5.74, 6) is -0.0104. The van der Waals surface area contributed by atoms with E-state index in [4.69, 9.17) is 19.3 Å². The third kappa shape index (κ3) is 15.4. The standard InChI is InChI=1S/C20H40N2O7/c1-6-16(3)17(24)27-11-12-29-18(25)21-8-7-15(2)13-20(4,5)14-22-19(26)28-10-9-23/h6,15,18-19,21-23,25-26H,7-14H2,1-5H3. The first-order valence-corrected chi connectivity index (χ1v) is 10.1. The maximum atomic E-state index is 11.5. The second-order valence-electron chi connectivity index (χ2n) is 7.87. The van der Waals surface area contributed by atoms with Crippen LogP contribution in [0.2, 0.25) is 0 Å². The number of rotatable bonds is 17. The largest absolute Gasteiger partial charge is 0.460 e. The predicted molar refractivity (Wildman–Crippen MR) is 110 cm³/mol. The number of aliphatic hydroxyl groups excluding tert-OH is 3. The van der Waals surface area contributed by atoms with Crippen LogP contribution in [-0.2, 0) is 19.0 Å². The maximum Gasteiger partial charge on any atom is 0.333 e. The van der Waals surface area contributed by atoms with E-state index in [0.717, 1.165) is 12.8 Å². The minimum Gasteiger partial charge on any atom is -0.460 e. The van der Waals surface area contributed by atoms with Crippen LogP contribution < -0.4 is 10.6 Å². The van der Waals surface area contributed by atoms with E-state index < -0.39 is 18.8 Å². The molecule has 0 heterocycles. The molecule has 0 amide bonds. The highest BCUT2D eigenvalue weighted by molar-refractivity contribution is 5.87. The molecule has 0 bridgehead atoms. The molecule has 0 saturated carbocycles. The van der Waals surface area contributed by atoms with Crippen LogP contribution in [0.1, 0.15) is 47.5 Å². The molecule has 0 rings (SSSR count). The van der Waals surface area contributed by atoms with Crippen molar-refractivity contribution < 1.29 is 34.3 Å². The number of hydrogen-bond donors (Lipinski definition) is 5. The Bertz CT molecular complexity index is 472. The monoisotopic (exact) mass is 420 g/mol. The molecule has 29 heavy (non-hydrogen) atoms. The second kappa shape index (κ2) is 15.7. The molecular formula is C20H40N2O7. The Labute approximate surface area is 174 Å². The third-order valence-corrected chi connectivity index (χ3v) is 4.33. The van der Waals surface area contributed by atoms with Crippen molar-refractivity contribution in [3.05, 3.63) is 11.6 Å². The Kier molecular flexibility index (Phi) is 15.1. The van der Waals surface area contributed by atoms with Crippen molar-refractivity contribution in [1.29, 1.82) is 0 Å². The Morgan fingerprint density at radius 3 is 2.34 bits per heavy atom. The summed E-state index contributed by atoms with van der Waals surface area (Å²) >= 11 is 0. The summed E-state index contributed by atoms with van der Waals surface area (Å²) in [6.07, 6.45) is 1.21. The van der Waals surface area contributed by atoms with Gasteiger partial charge in [0.05, 0.1) is 19.8 Å². The van der Waals surface area contributed by atoms with E-state index in [0.29, 0.717) is 24.6 Å². The molecule has 0 aliphatic rings. The molecule has 0 saturated heterocycles. The van der Waals surface area contributed by atoms with E-state index in [2.05, 4.69) is 31.4 Å². The average Bonchev–Trinajstić information content (AvgIpc) is 2.66. The molecule has 3 atom stereocenters. The number of esters is 1. The quantitative estimate of drug-likeness (QED) is 0.0999. The number of nitrogens with one attached hydrogen (secondary N) is 2. The molecule has 0 aliphatic carbocycles. The van der Waals surface area contributed by atoms with Gasteiger partial charge < -0.3 is 29.5 Å². The SMILES string of the molecule is CC=C(C)C(=O)OCCOC(O)NCCC(C)CC(C)(C)CNC(O)OCCO. The summed E-state index contributed by atoms with van der Waals surface area (Å²) in [7, 11) is 0. The number of ether oxygens (including phenoxy) is 3. The molecule has 0 spiro atoms. The summed E-state index contributed by atoms with van der Waals surface area (Å²) in [4.78, 5) is 11.5. The minimum absolute atomic E-state index is 0.0625. The molecule has 0 aromatic rings. The highest BCUT2D eigenvalue weighted by Gasteiger charge is 2.22. The van der Waals surface area contributed by atoms with Gasteiger partial charge >= 0.3 is 5.97 Å². The Balaban J connectivity index is 3.90. The lowest BCUT2D eigenvalue weighted by Gasteiger charge is -2.29. The van der Waals surface area contributed by atoms with Crippen LogP contribution >= 0.6 is 0 Å². The highest BCUT2D eigenvalue weighted by atomic mass is 16.6. The van der Waals surface area contributed by atoms with Crippen molar-refractivity contribution in [2.75, 3.05) is 39.5 Å². The van der Waals surface area contributed by atoms with E-state index in [1.807, 2.05) is 0 Å².